The molecule has 0 spiro atoms. The fourth-order valence-electron chi connectivity index (χ4n) is 3.18. The molecule has 100 valence electrons. The molecular formula is C18H16O2. The Labute approximate surface area is 118 Å². The van der Waals surface area contributed by atoms with E-state index in [0.29, 0.717) is 0 Å². The van der Waals surface area contributed by atoms with Gasteiger partial charge in [0.25, 0.3) is 0 Å². The monoisotopic (exact) mass is 264 g/mol. The summed E-state index contributed by atoms with van der Waals surface area (Å²) in [4.78, 5) is 0. The predicted octanol–water partition coefficient (Wildman–Crippen LogP) is 3.76. The Kier molecular flexibility index (Phi) is 2.48. The highest BCUT2D eigenvalue weighted by Gasteiger charge is 2.59. The number of ether oxygens (including phenoxy) is 2. The van der Waals surface area contributed by atoms with Crippen LogP contribution in [0.2, 0.25) is 0 Å². The first-order valence-electron chi connectivity index (χ1n) is 6.93. The number of fused-ring (bicyclic) bond motifs is 1. The van der Waals surface area contributed by atoms with Crippen LogP contribution in [0.25, 0.3) is 0 Å². The van der Waals surface area contributed by atoms with Crippen LogP contribution < -0.4 is 0 Å². The van der Waals surface area contributed by atoms with E-state index in [9.17, 15) is 0 Å². The Morgan fingerprint density at radius 2 is 1.60 bits per heavy atom. The molecule has 2 aliphatic heterocycles. The molecule has 0 aromatic heterocycles. The molecule has 0 bridgehead atoms. The van der Waals surface area contributed by atoms with Gasteiger partial charge in [-0.2, -0.15) is 0 Å². The minimum absolute atomic E-state index is 0.142. The molecule has 0 saturated carbocycles. The summed E-state index contributed by atoms with van der Waals surface area (Å²) in [6.07, 6.45) is 3.73. The molecule has 2 aromatic carbocycles. The average Bonchev–Trinajstić information content (AvgIpc) is 2.85. The fourth-order valence-corrected chi connectivity index (χ4v) is 3.18. The van der Waals surface area contributed by atoms with Gasteiger partial charge in [-0.25, -0.2) is 0 Å². The number of aryl methyl sites for hydroxylation is 1. The van der Waals surface area contributed by atoms with Gasteiger partial charge in [-0.05, 0) is 24.1 Å². The maximum absolute atomic E-state index is 6.18. The number of hydrogen-bond donors (Lipinski definition) is 0. The van der Waals surface area contributed by atoms with Crippen LogP contribution in [-0.4, -0.2) is 6.29 Å². The van der Waals surface area contributed by atoms with Crippen molar-refractivity contribution in [1.82, 2.24) is 0 Å². The van der Waals surface area contributed by atoms with Crippen LogP contribution >= 0.6 is 0 Å². The minimum atomic E-state index is -0.410. The van der Waals surface area contributed by atoms with Crippen molar-refractivity contribution in [2.24, 2.45) is 5.92 Å². The van der Waals surface area contributed by atoms with Crippen LogP contribution in [0.1, 0.15) is 16.7 Å². The van der Waals surface area contributed by atoms with E-state index in [2.05, 4.69) is 61.5 Å². The molecule has 1 fully saturated rings. The van der Waals surface area contributed by atoms with Gasteiger partial charge in [0, 0.05) is 0 Å². The molecule has 4 rings (SSSR count). The van der Waals surface area contributed by atoms with Crippen LogP contribution in [-0.2, 0) is 15.1 Å². The molecular weight excluding hydrogens is 248 g/mol. The second-order valence-corrected chi connectivity index (χ2v) is 5.44. The lowest BCUT2D eigenvalue weighted by Crippen LogP contribution is -2.56. The topological polar surface area (TPSA) is 18.5 Å². The minimum Gasteiger partial charge on any atom is -0.472 e. The van der Waals surface area contributed by atoms with Gasteiger partial charge in [-0.15, -0.1) is 0 Å². The predicted molar refractivity (Wildman–Crippen MR) is 77.0 cm³/mol. The van der Waals surface area contributed by atoms with E-state index in [0.717, 1.165) is 0 Å². The second kappa shape index (κ2) is 4.22. The SMILES string of the molecule is Cc1ccc(C2(c3ccccc3)O[C@H]3OC=CC32)cc1. The summed E-state index contributed by atoms with van der Waals surface area (Å²) >= 11 is 0. The number of benzene rings is 2. The number of rotatable bonds is 2. The maximum atomic E-state index is 6.18. The van der Waals surface area contributed by atoms with Gasteiger partial charge >= 0.3 is 0 Å². The zero-order valence-corrected chi connectivity index (χ0v) is 11.3. The lowest BCUT2D eigenvalue weighted by Gasteiger charge is -2.51. The van der Waals surface area contributed by atoms with Crippen molar-refractivity contribution in [3.63, 3.8) is 0 Å². The van der Waals surface area contributed by atoms with E-state index < -0.39 is 5.60 Å². The second-order valence-electron chi connectivity index (χ2n) is 5.44. The van der Waals surface area contributed by atoms with Crippen molar-refractivity contribution in [3.8, 4) is 0 Å². The highest BCUT2D eigenvalue weighted by atomic mass is 16.7. The Bertz CT molecular complexity index is 645. The van der Waals surface area contributed by atoms with Crippen molar-refractivity contribution in [3.05, 3.63) is 83.6 Å². The van der Waals surface area contributed by atoms with Gasteiger partial charge in [-0.1, -0.05) is 60.2 Å². The third-order valence-corrected chi connectivity index (χ3v) is 4.25. The van der Waals surface area contributed by atoms with E-state index >= 15 is 0 Å². The van der Waals surface area contributed by atoms with E-state index in [1.54, 1.807) is 6.26 Å². The fraction of sp³-hybridized carbons (Fsp3) is 0.222. The summed E-state index contributed by atoms with van der Waals surface area (Å²) in [6, 6.07) is 19.0. The van der Waals surface area contributed by atoms with Crippen LogP contribution in [0.4, 0.5) is 0 Å². The van der Waals surface area contributed by atoms with E-state index in [4.69, 9.17) is 9.47 Å². The Balaban J connectivity index is 1.86. The van der Waals surface area contributed by atoms with Gasteiger partial charge in [0.15, 0.2) is 0 Å². The highest BCUT2D eigenvalue weighted by Crippen LogP contribution is 2.54. The lowest BCUT2D eigenvalue weighted by atomic mass is 9.71. The Hall–Kier alpha value is -2.06. The van der Waals surface area contributed by atoms with Crippen LogP contribution in [0.5, 0.6) is 0 Å². The van der Waals surface area contributed by atoms with Crippen molar-refractivity contribution < 1.29 is 9.47 Å². The molecule has 2 heterocycles. The quantitative estimate of drug-likeness (QED) is 0.822. The standard InChI is InChI=1S/C18H16O2/c1-13-7-9-15(10-8-13)18(14-5-3-2-4-6-14)16-11-12-19-17(16)20-18/h2-12,16-17H,1H3/t16?,17-,18?/m1/s1. The van der Waals surface area contributed by atoms with Crippen LogP contribution in [0.3, 0.4) is 0 Å². The first-order chi connectivity index (χ1) is 9.80. The maximum Gasteiger partial charge on any atom is 0.210 e. The van der Waals surface area contributed by atoms with Gasteiger partial charge in [0.1, 0.15) is 5.60 Å². The van der Waals surface area contributed by atoms with Crippen LogP contribution in [0, 0.1) is 12.8 Å². The van der Waals surface area contributed by atoms with Gasteiger partial charge in [-0.3, -0.25) is 0 Å². The zero-order chi connectivity index (χ0) is 13.6. The molecule has 0 aliphatic carbocycles. The molecule has 2 heteroatoms. The third-order valence-electron chi connectivity index (χ3n) is 4.25. The van der Waals surface area contributed by atoms with E-state index in [1.165, 1.54) is 16.7 Å². The molecule has 2 aromatic rings. The van der Waals surface area contributed by atoms with Crippen molar-refractivity contribution >= 4 is 0 Å². The van der Waals surface area contributed by atoms with Gasteiger partial charge < -0.3 is 9.47 Å². The molecule has 0 N–H and O–H groups in total. The summed E-state index contributed by atoms with van der Waals surface area (Å²) in [7, 11) is 0. The summed E-state index contributed by atoms with van der Waals surface area (Å²) in [6.45, 7) is 2.10. The first kappa shape index (κ1) is 11.7. The number of hydrogen-bond acceptors (Lipinski definition) is 2. The summed E-state index contributed by atoms with van der Waals surface area (Å²) in [5.41, 5.74) is 3.21. The normalized spacial score (nSPS) is 30.4. The molecule has 3 atom stereocenters. The van der Waals surface area contributed by atoms with Crippen LogP contribution in [0.15, 0.2) is 66.9 Å². The highest BCUT2D eigenvalue weighted by molar-refractivity contribution is 5.43. The zero-order valence-electron chi connectivity index (χ0n) is 11.3. The molecule has 1 saturated heterocycles. The third kappa shape index (κ3) is 1.49. The van der Waals surface area contributed by atoms with E-state index in [1.807, 2.05) is 6.07 Å². The summed E-state index contributed by atoms with van der Waals surface area (Å²) in [5.74, 6) is 0.243. The molecule has 2 nitrogen and oxygen atoms in total. The Morgan fingerprint density at radius 1 is 0.900 bits per heavy atom. The van der Waals surface area contributed by atoms with Crippen molar-refractivity contribution in [2.45, 2.75) is 18.8 Å². The lowest BCUT2D eigenvalue weighted by molar-refractivity contribution is -0.302. The van der Waals surface area contributed by atoms with Gasteiger partial charge in [0.05, 0.1) is 12.2 Å². The van der Waals surface area contributed by atoms with Gasteiger partial charge in [0.2, 0.25) is 6.29 Å². The molecule has 0 radical (unpaired) electrons. The molecule has 0 amide bonds. The van der Waals surface area contributed by atoms with Crippen molar-refractivity contribution in [1.29, 1.82) is 0 Å². The molecule has 2 aliphatic rings. The largest absolute Gasteiger partial charge is 0.472 e. The first-order valence-corrected chi connectivity index (χ1v) is 6.93. The summed E-state index contributed by atoms with van der Waals surface area (Å²) in [5, 5.41) is 0. The average molecular weight is 264 g/mol. The van der Waals surface area contributed by atoms with E-state index in [-0.39, 0.29) is 12.2 Å². The molecule has 2 unspecified atom stereocenters. The summed E-state index contributed by atoms with van der Waals surface area (Å²) < 4.78 is 11.6. The smallest absolute Gasteiger partial charge is 0.210 e. The molecule has 20 heavy (non-hydrogen) atoms. The Morgan fingerprint density at radius 3 is 2.30 bits per heavy atom. The van der Waals surface area contributed by atoms with Crippen molar-refractivity contribution in [2.75, 3.05) is 0 Å².